The van der Waals surface area contributed by atoms with Crippen molar-refractivity contribution in [3.05, 3.63) is 29.3 Å². The molecule has 7 nitrogen and oxygen atoms in total. The van der Waals surface area contributed by atoms with Gasteiger partial charge in [0.2, 0.25) is 10.0 Å². The van der Waals surface area contributed by atoms with Crippen LogP contribution in [0.2, 0.25) is 5.02 Å². The summed E-state index contributed by atoms with van der Waals surface area (Å²) in [7, 11) is -3.71. The molecule has 0 radical (unpaired) electrons. The Hall–Kier alpha value is -1.64. The summed E-state index contributed by atoms with van der Waals surface area (Å²) in [5, 5.41) is 0.463. The first-order valence-electron chi connectivity index (χ1n) is 9.78. The van der Waals surface area contributed by atoms with Gasteiger partial charge in [0, 0.05) is 23.7 Å². The van der Waals surface area contributed by atoms with Crippen LogP contribution in [0.25, 0.3) is 0 Å². The van der Waals surface area contributed by atoms with Gasteiger partial charge in [-0.25, -0.2) is 17.9 Å². The minimum atomic E-state index is -3.71. The second-order valence-corrected chi connectivity index (χ2v) is 9.94. The lowest BCUT2D eigenvalue weighted by molar-refractivity contribution is -0.130. The van der Waals surface area contributed by atoms with Crippen molar-refractivity contribution in [1.29, 1.82) is 0 Å². The molecule has 2 unspecified atom stereocenters. The van der Waals surface area contributed by atoms with Crippen LogP contribution in [0, 0.1) is 0 Å². The number of rotatable bonds is 4. The number of nitrogens with zero attached hydrogens (tertiary/aromatic N) is 2. The van der Waals surface area contributed by atoms with Gasteiger partial charge in [-0.15, -0.1) is 0 Å². The van der Waals surface area contributed by atoms with Crippen LogP contribution in [0.4, 0.5) is 4.79 Å². The van der Waals surface area contributed by atoms with Gasteiger partial charge in [0.25, 0.3) is 5.91 Å². The van der Waals surface area contributed by atoms with E-state index in [-0.39, 0.29) is 28.9 Å². The summed E-state index contributed by atoms with van der Waals surface area (Å²) >= 11 is 5.83. The van der Waals surface area contributed by atoms with Crippen molar-refractivity contribution in [3.63, 3.8) is 0 Å². The Balaban J connectivity index is 1.46. The van der Waals surface area contributed by atoms with E-state index in [1.807, 2.05) is 0 Å². The van der Waals surface area contributed by atoms with Crippen molar-refractivity contribution in [2.75, 3.05) is 6.54 Å². The molecule has 2 aliphatic heterocycles. The zero-order chi connectivity index (χ0) is 19.9. The molecule has 1 aromatic carbocycles. The molecule has 28 heavy (non-hydrogen) atoms. The Morgan fingerprint density at radius 1 is 1.00 bits per heavy atom. The van der Waals surface area contributed by atoms with Gasteiger partial charge in [-0.2, -0.15) is 0 Å². The van der Waals surface area contributed by atoms with Crippen LogP contribution >= 0.6 is 11.6 Å². The third-order valence-corrected chi connectivity index (χ3v) is 7.75. The van der Waals surface area contributed by atoms with E-state index >= 15 is 0 Å². The maximum atomic E-state index is 12.9. The Morgan fingerprint density at radius 3 is 2.36 bits per heavy atom. The van der Waals surface area contributed by atoms with Crippen molar-refractivity contribution in [2.45, 2.75) is 68.0 Å². The number of imide groups is 1. The molecule has 2 saturated heterocycles. The number of urea groups is 1. The van der Waals surface area contributed by atoms with Crippen LogP contribution in [0.15, 0.2) is 29.2 Å². The summed E-state index contributed by atoms with van der Waals surface area (Å²) in [6.07, 6.45) is 5.75. The van der Waals surface area contributed by atoms with Gasteiger partial charge >= 0.3 is 6.03 Å². The van der Waals surface area contributed by atoms with Gasteiger partial charge in [0.15, 0.2) is 0 Å². The molecule has 1 aliphatic carbocycles. The lowest BCUT2D eigenvalue weighted by atomic mass is 9.94. The summed E-state index contributed by atoms with van der Waals surface area (Å²) < 4.78 is 28.0. The van der Waals surface area contributed by atoms with Gasteiger partial charge in [0.05, 0.1) is 4.90 Å². The fraction of sp³-hybridized carbons (Fsp3) is 0.579. The summed E-state index contributed by atoms with van der Waals surface area (Å²) in [6.45, 7) is 0.381. The maximum absolute atomic E-state index is 12.9. The normalized spacial score (nSPS) is 26.6. The first-order chi connectivity index (χ1) is 13.4. The highest BCUT2D eigenvalue weighted by Crippen LogP contribution is 2.33. The number of sulfonamides is 1. The van der Waals surface area contributed by atoms with E-state index in [1.54, 1.807) is 4.90 Å². The molecule has 1 N–H and O–H groups in total. The first-order valence-corrected chi connectivity index (χ1v) is 11.6. The van der Waals surface area contributed by atoms with Crippen molar-refractivity contribution in [1.82, 2.24) is 14.5 Å². The number of piperidine rings is 1. The van der Waals surface area contributed by atoms with Gasteiger partial charge in [-0.3, -0.25) is 9.69 Å². The standard InChI is InChI=1S/C19H24ClN3O4S/c20-13-6-8-16(9-7-13)28(26,27)21-14-10-11-22-17(12-14)18(24)23(19(22)25)15-4-2-1-3-5-15/h6-9,14-15,17,21H,1-5,10-12H2. The van der Waals surface area contributed by atoms with E-state index in [0.717, 1.165) is 32.1 Å². The van der Waals surface area contributed by atoms with Crippen LogP contribution in [0.1, 0.15) is 44.9 Å². The molecule has 3 fully saturated rings. The molecule has 1 saturated carbocycles. The summed E-state index contributed by atoms with van der Waals surface area (Å²) in [4.78, 5) is 28.9. The molecule has 3 amide bonds. The van der Waals surface area contributed by atoms with E-state index in [1.165, 1.54) is 29.2 Å². The molecule has 3 aliphatic rings. The van der Waals surface area contributed by atoms with Gasteiger partial charge in [-0.1, -0.05) is 30.9 Å². The first kappa shape index (κ1) is 19.7. The zero-order valence-corrected chi connectivity index (χ0v) is 17.1. The molecule has 152 valence electrons. The molecular weight excluding hydrogens is 402 g/mol. The zero-order valence-electron chi connectivity index (χ0n) is 15.5. The van der Waals surface area contributed by atoms with Crippen LogP contribution in [-0.4, -0.2) is 54.8 Å². The van der Waals surface area contributed by atoms with Gasteiger partial charge < -0.3 is 4.90 Å². The molecule has 4 rings (SSSR count). The van der Waals surface area contributed by atoms with Crippen LogP contribution < -0.4 is 4.72 Å². The number of amides is 3. The largest absolute Gasteiger partial charge is 0.327 e. The Kier molecular flexibility index (Phi) is 5.37. The third kappa shape index (κ3) is 3.65. The minimum Gasteiger partial charge on any atom is -0.312 e. The lowest BCUT2D eigenvalue weighted by Crippen LogP contribution is -2.49. The van der Waals surface area contributed by atoms with Crippen molar-refractivity contribution in [3.8, 4) is 0 Å². The molecule has 0 bridgehead atoms. The Labute approximate surface area is 170 Å². The van der Waals surface area contributed by atoms with E-state index in [9.17, 15) is 18.0 Å². The average molecular weight is 426 g/mol. The molecule has 2 atom stereocenters. The Bertz CT molecular complexity index is 868. The van der Waals surface area contributed by atoms with Gasteiger partial charge in [0.1, 0.15) is 6.04 Å². The SMILES string of the molecule is O=C1C2CC(NS(=O)(=O)c3ccc(Cl)cc3)CCN2C(=O)N1C1CCCCC1. The van der Waals surface area contributed by atoms with Crippen LogP contribution in [-0.2, 0) is 14.8 Å². The molecule has 0 spiro atoms. The number of hydrogen-bond acceptors (Lipinski definition) is 4. The number of nitrogens with one attached hydrogen (secondary N) is 1. The summed E-state index contributed by atoms with van der Waals surface area (Å²) in [6, 6.07) is 4.79. The van der Waals surface area contributed by atoms with E-state index < -0.39 is 16.1 Å². The highest BCUT2D eigenvalue weighted by molar-refractivity contribution is 7.89. The quantitative estimate of drug-likeness (QED) is 0.751. The van der Waals surface area contributed by atoms with Crippen molar-refractivity contribution < 1.29 is 18.0 Å². The van der Waals surface area contributed by atoms with E-state index in [2.05, 4.69) is 4.72 Å². The number of carbonyl (C=O) groups is 2. The minimum absolute atomic E-state index is 0.0106. The van der Waals surface area contributed by atoms with Gasteiger partial charge in [-0.05, 0) is 49.9 Å². The monoisotopic (exact) mass is 425 g/mol. The second-order valence-electron chi connectivity index (χ2n) is 7.79. The Morgan fingerprint density at radius 2 is 1.68 bits per heavy atom. The fourth-order valence-electron chi connectivity index (χ4n) is 4.51. The highest BCUT2D eigenvalue weighted by Gasteiger charge is 2.50. The number of halogens is 1. The number of hydrogen-bond donors (Lipinski definition) is 1. The van der Waals surface area contributed by atoms with Crippen molar-refractivity contribution in [2.24, 2.45) is 0 Å². The second kappa shape index (κ2) is 7.65. The molecule has 1 aromatic rings. The topological polar surface area (TPSA) is 86.8 Å². The smallest absolute Gasteiger partial charge is 0.312 e. The predicted molar refractivity (Wildman–Crippen MR) is 104 cm³/mol. The molecule has 2 heterocycles. The lowest BCUT2D eigenvalue weighted by Gasteiger charge is -2.32. The third-order valence-electron chi connectivity index (χ3n) is 5.96. The van der Waals surface area contributed by atoms with Crippen molar-refractivity contribution >= 4 is 33.6 Å². The van der Waals surface area contributed by atoms with Crippen LogP contribution in [0.3, 0.4) is 0 Å². The highest BCUT2D eigenvalue weighted by atomic mass is 35.5. The molecule has 0 aromatic heterocycles. The van der Waals surface area contributed by atoms with E-state index in [0.29, 0.717) is 24.4 Å². The number of carbonyl (C=O) groups excluding carboxylic acids is 2. The molecular formula is C19H24ClN3O4S. The predicted octanol–water partition coefficient (Wildman–Crippen LogP) is 2.75. The molecule has 9 heteroatoms. The summed E-state index contributed by atoms with van der Waals surface area (Å²) in [5.74, 6) is -0.174. The van der Waals surface area contributed by atoms with E-state index in [4.69, 9.17) is 11.6 Å². The number of fused-ring (bicyclic) bond motifs is 1. The average Bonchev–Trinajstić information content (AvgIpc) is 2.92. The summed E-state index contributed by atoms with van der Waals surface area (Å²) in [5.41, 5.74) is 0. The maximum Gasteiger partial charge on any atom is 0.327 e. The number of benzene rings is 1. The fourth-order valence-corrected chi connectivity index (χ4v) is 5.91. The van der Waals surface area contributed by atoms with Crippen LogP contribution in [0.5, 0.6) is 0 Å².